The van der Waals surface area contributed by atoms with Crippen molar-refractivity contribution in [3.63, 3.8) is 0 Å². The highest BCUT2D eigenvalue weighted by atomic mass is 31.3. The van der Waals surface area contributed by atoms with Gasteiger partial charge in [0.25, 0.3) is 7.82 Å². The highest BCUT2D eigenvalue weighted by Gasteiger charge is 2.11. The average molecular weight is 453 g/mol. The maximum absolute atomic E-state index is 11.1. The Morgan fingerprint density at radius 1 is 0.862 bits per heavy atom. The van der Waals surface area contributed by atoms with E-state index in [4.69, 9.17) is 0 Å². The van der Waals surface area contributed by atoms with E-state index in [0.717, 1.165) is 36.7 Å². The van der Waals surface area contributed by atoms with Crippen LogP contribution in [0.2, 0.25) is 0 Å². The number of rotatable bonds is 17. The van der Waals surface area contributed by atoms with Crippen LogP contribution < -0.4 is 14.7 Å². The molecule has 0 saturated carbocycles. The van der Waals surface area contributed by atoms with Crippen LogP contribution in [0.5, 0.6) is 0 Å². The molecule has 3 atom stereocenters. The summed E-state index contributed by atoms with van der Waals surface area (Å²) in [5, 5.41) is 0. The van der Waals surface area contributed by atoms with Gasteiger partial charge in [0.2, 0.25) is 0 Å². The van der Waals surface area contributed by atoms with Gasteiger partial charge in [-0.2, -0.15) is 0 Å². The van der Waals surface area contributed by atoms with Crippen molar-refractivity contribution < 1.29 is 32.6 Å². The summed E-state index contributed by atoms with van der Waals surface area (Å²) in [7, 11) is -10.8. The van der Waals surface area contributed by atoms with Crippen LogP contribution in [0, 0.1) is 17.8 Å². The molecule has 0 aliphatic carbocycles. The van der Waals surface area contributed by atoms with Crippen molar-refractivity contribution in [3.05, 3.63) is 11.6 Å². The lowest BCUT2D eigenvalue weighted by Crippen LogP contribution is -2.19. The van der Waals surface area contributed by atoms with Gasteiger partial charge in [-0.05, 0) is 37.5 Å². The molecule has 0 fully saturated rings. The third-order valence-corrected chi connectivity index (χ3v) is 7.07. The molecular formula is C20H39O7P2-3. The van der Waals surface area contributed by atoms with Crippen molar-refractivity contribution in [1.29, 1.82) is 0 Å². The van der Waals surface area contributed by atoms with Gasteiger partial charge in [0.05, 0.1) is 14.4 Å². The SMILES string of the molecule is C/C(=C\COP(=O)([O-])OP(=O)([O-])[O-])CCCC(C)CCCC(C)CCCC(C)C. The van der Waals surface area contributed by atoms with E-state index in [1.165, 1.54) is 38.5 Å². The number of phosphoric ester groups is 1. The Balaban J connectivity index is 3.89. The molecule has 0 aliphatic heterocycles. The first-order chi connectivity index (χ1) is 13.3. The molecule has 3 unspecified atom stereocenters. The minimum absolute atomic E-state index is 0.350. The normalized spacial score (nSPS) is 17.3. The van der Waals surface area contributed by atoms with E-state index < -0.39 is 15.6 Å². The van der Waals surface area contributed by atoms with E-state index in [0.29, 0.717) is 5.92 Å². The predicted molar refractivity (Wildman–Crippen MR) is 111 cm³/mol. The Bertz CT molecular complexity index is 557. The van der Waals surface area contributed by atoms with Gasteiger partial charge >= 0.3 is 0 Å². The first-order valence-electron chi connectivity index (χ1n) is 10.7. The third-order valence-electron chi connectivity index (χ3n) is 5.00. The summed E-state index contributed by atoms with van der Waals surface area (Å²) in [5.41, 5.74) is 0.948. The number of hydrogen-bond donors (Lipinski definition) is 0. The molecule has 0 amide bonds. The van der Waals surface area contributed by atoms with Crippen molar-refractivity contribution in [2.45, 2.75) is 92.4 Å². The van der Waals surface area contributed by atoms with E-state index in [1.54, 1.807) is 6.08 Å². The van der Waals surface area contributed by atoms with Crippen molar-refractivity contribution in [3.8, 4) is 0 Å². The molecule has 0 aromatic rings. The summed E-state index contributed by atoms with van der Waals surface area (Å²) in [4.78, 5) is 31.8. The Kier molecular flexibility index (Phi) is 14.9. The molecule has 9 heteroatoms. The molecule has 0 N–H and O–H groups in total. The first kappa shape index (κ1) is 29.0. The summed E-state index contributed by atoms with van der Waals surface area (Å²) in [6, 6.07) is 0. The molecule has 29 heavy (non-hydrogen) atoms. The summed E-state index contributed by atoms with van der Waals surface area (Å²) in [5.74, 6) is 2.24. The molecule has 7 nitrogen and oxygen atoms in total. The van der Waals surface area contributed by atoms with Crippen LogP contribution >= 0.6 is 15.6 Å². The van der Waals surface area contributed by atoms with E-state index >= 15 is 0 Å². The van der Waals surface area contributed by atoms with Gasteiger partial charge in [0, 0.05) is 0 Å². The van der Waals surface area contributed by atoms with Crippen molar-refractivity contribution >= 4 is 15.6 Å². The highest BCUT2D eigenvalue weighted by molar-refractivity contribution is 7.58. The van der Waals surface area contributed by atoms with Gasteiger partial charge < -0.3 is 23.8 Å². The van der Waals surface area contributed by atoms with Crippen molar-refractivity contribution in [2.75, 3.05) is 6.61 Å². The molecule has 0 saturated heterocycles. The maximum atomic E-state index is 11.1. The second-order valence-corrected chi connectivity index (χ2v) is 11.4. The van der Waals surface area contributed by atoms with Gasteiger partial charge in [-0.1, -0.05) is 84.3 Å². The molecule has 174 valence electrons. The van der Waals surface area contributed by atoms with Gasteiger partial charge in [-0.3, -0.25) is 8.88 Å². The molecule has 0 heterocycles. The molecule has 0 radical (unpaired) electrons. The summed E-state index contributed by atoms with van der Waals surface area (Å²) in [6.07, 6.45) is 12.2. The van der Waals surface area contributed by atoms with Crippen LogP contribution in [-0.2, 0) is 18.0 Å². The second kappa shape index (κ2) is 14.9. The highest BCUT2D eigenvalue weighted by Crippen LogP contribution is 2.50. The fourth-order valence-corrected chi connectivity index (χ4v) is 4.65. The van der Waals surface area contributed by atoms with E-state index in [9.17, 15) is 23.8 Å². The summed E-state index contributed by atoms with van der Waals surface area (Å²) < 4.78 is 29.2. The molecule has 0 aromatic heterocycles. The number of phosphoric acid groups is 2. The lowest BCUT2D eigenvalue weighted by molar-refractivity contribution is -0.339. The van der Waals surface area contributed by atoms with Gasteiger partial charge in [-0.15, -0.1) is 0 Å². The van der Waals surface area contributed by atoms with E-state index in [-0.39, 0.29) is 6.61 Å². The Labute approximate surface area is 177 Å². The van der Waals surface area contributed by atoms with Gasteiger partial charge in [0.1, 0.15) is 0 Å². The van der Waals surface area contributed by atoms with Crippen LogP contribution in [0.25, 0.3) is 0 Å². The van der Waals surface area contributed by atoms with Crippen LogP contribution in [-0.4, -0.2) is 6.61 Å². The minimum atomic E-state index is -5.63. The van der Waals surface area contributed by atoms with Crippen molar-refractivity contribution in [2.24, 2.45) is 17.8 Å². The smallest absolute Gasteiger partial charge is 0.272 e. The third kappa shape index (κ3) is 19.7. The number of allylic oxidation sites excluding steroid dienone is 1. The molecule has 0 rings (SSSR count). The largest absolute Gasteiger partial charge is 0.790 e. The zero-order valence-electron chi connectivity index (χ0n) is 18.6. The zero-order chi connectivity index (χ0) is 22.5. The second-order valence-electron chi connectivity index (χ2n) is 8.68. The Hall–Kier alpha value is -0.0000000000000000416. The van der Waals surface area contributed by atoms with Crippen LogP contribution in [0.15, 0.2) is 11.6 Å². The molecule has 0 spiro atoms. The zero-order valence-corrected chi connectivity index (χ0v) is 20.4. The lowest BCUT2D eigenvalue weighted by atomic mass is 9.91. The fourth-order valence-electron chi connectivity index (χ4n) is 3.23. The van der Waals surface area contributed by atoms with E-state index in [2.05, 4.69) is 36.5 Å². The number of hydrogen-bond acceptors (Lipinski definition) is 7. The Morgan fingerprint density at radius 3 is 1.83 bits per heavy atom. The predicted octanol–water partition coefficient (Wildman–Crippen LogP) is 4.70. The summed E-state index contributed by atoms with van der Waals surface area (Å²) in [6.45, 7) is 10.7. The van der Waals surface area contributed by atoms with Crippen LogP contribution in [0.4, 0.5) is 0 Å². The molecule has 0 aliphatic rings. The lowest BCUT2D eigenvalue weighted by Gasteiger charge is -2.34. The maximum Gasteiger partial charge on any atom is 0.272 e. The quantitative estimate of drug-likeness (QED) is 0.231. The standard InChI is InChI=1S/C20H42O7P2/c1-17(2)9-6-10-18(3)11-7-12-19(4)13-8-14-20(5)15-16-26-29(24,25)27-28(21,22)23/h15,17-19H,6-14,16H2,1-5H3,(H,24,25)(H2,21,22,23)/p-3/b20-15+. The molecular weight excluding hydrogens is 414 g/mol. The molecule has 0 bridgehead atoms. The van der Waals surface area contributed by atoms with E-state index in [1.807, 2.05) is 6.92 Å². The van der Waals surface area contributed by atoms with Gasteiger partial charge in [0.15, 0.2) is 0 Å². The monoisotopic (exact) mass is 453 g/mol. The summed E-state index contributed by atoms with van der Waals surface area (Å²) >= 11 is 0. The first-order valence-corrected chi connectivity index (χ1v) is 13.6. The van der Waals surface area contributed by atoms with Gasteiger partial charge in [-0.25, -0.2) is 0 Å². The van der Waals surface area contributed by atoms with Crippen LogP contribution in [0.3, 0.4) is 0 Å². The Morgan fingerprint density at radius 2 is 1.34 bits per heavy atom. The van der Waals surface area contributed by atoms with Crippen LogP contribution in [0.1, 0.15) is 92.4 Å². The van der Waals surface area contributed by atoms with Crippen molar-refractivity contribution in [1.82, 2.24) is 0 Å². The fraction of sp³-hybridized carbons (Fsp3) is 0.900. The topological polar surface area (TPSA) is 122 Å². The molecule has 0 aromatic carbocycles. The minimum Gasteiger partial charge on any atom is -0.790 e. The average Bonchev–Trinajstić information content (AvgIpc) is 2.51.